The summed E-state index contributed by atoms with van der Waals surface area (Å²) in [5.74, 6) is 1.34. The normalized spacial score (nSPS) is 11.4. The van der Waals surface area contributed by atoms with Crippen molar-refractivity contribution in [2.24, 2.45) is 0 Å². The molecule has 31 heavy (non-hydrogen) atoms. The number of pyridine rings is 1. The number of rotatable bonds is 5. The van der Waals surface area contributed by atoms with Crippen LogP contribution in [0, 0.1) is 0 Å². The Morgan fingerprint density at radius 2 is 1.94 bits per heavy atom. The zero-order chi connectivity index (χ0) is 20.7. The maximum Gasteiger partial charge on any atom is 0.212 e. The first-order valence-corrected chi connectivity index (χ1v) is 9.49. The van der Waals surface area contributed by atoms with Gasteiger partial charge in [0.25, 0.3) is 0 Å². The Kier molecular flexibility index (Phi) is 5.29. The summed E-state index contributed by atoms with van der Waals surface area (Å²) in [6.07, 6.45) is 6.70. The number of benzene rings is 1. The van der Waals surface area contributed by atoms with E-state index in [1.54, 1.807) is 26.6 Å². The highest BCUT2D eigenvalue weighted by atomic mass is 16.5. The summed E-state index contributed by atoms with van der Waals surface area (Å²) in [4.78, 5) is 8.99. The van der Waals surface area contributed by atoms with Crippen LogP contribution < -0.4 is 9.47 Å². The van der Waals surface area contributed by atoms with Crippen LogP contribution in [0.4, 0.5) is 0 Å². The largest absolute Gasteiger partial charge is 0.497 e. The molecular weight excluding hydrogens is 392 g/mol. The third-order valence-electron chi connectivity index (χ3n) is 5.33. The van der Waals surface area contributed by atoms with Crippen molar-refractivity contribution in [3.05, 3.63) is 78.3 Å². The Morgan fingerprint density at radius 1 is 1.06 bits per heavy atom. The van der Waals surface area contributed by atoms with Gasteiger partial charge in [-0.1, -0.05) is 19.2 Å². The zero-order valence-electron chi connectivity index (χ0n) is 16.7. The molecule has 0 aliphatic carbocycles. The lowest BCUT2D eigenvalue weighted by Crippen LogP contribution is -2.03. The van der Waals surface area contributed by atoms with Gasteiger partial charge < -0.3 is 14.0 Å². The van der Waals surface area contributed by atoms with Crippen molar-refractivity contribution in [1.29, 1.82) is 0 Å². The van der Waals surface area contributed by atoms with Crippen molar-refractivity contribution >= 4 is 5.57 Å². The highest BCUT2D eigenvalue weighted by Crippen LogP contribution is 2.32. The van der Waals surface area contributed by atoms with Crippen LogP contribution in [0.1, 0.15) is 30.1 Å². The summed E-state index contributed by atoms with van der Waals surface area (Å²) < 4.78 is 14.5. The van der Waals surface area contributed by atoms with Crippen LogP contribution in [0.2, 0.25) is 0 Å². The second-order valence-electron chi connectivity index (χ2n) is 7.05. The Bertz CT molecular complexity index is 1240. The van der Waals surface area contributed by atoms with Gasteiger partial charge in [-0.25, -0.2) is 14.6 Å². The van der Waals surface area contributed by atoms with Crippen LogP contribution in [0.15, 0.2) is 55.6 Å². The van der Waals surface area contributed by atoms with Gasteiger partial charge in [-0.2, -0.15) is 0 Å². The second kappa shape index (κ2) is 8.06. The number of aromatic nitrogens is 6. The van der Waals surface area contributed by atoms with Gasteiger partial charge in [0.05, 0.1) is 55.2 Å². The molecule has 0 atom stereocenters. The van der Waals surface area contributed by atoms with E-state index in [0.717, 1.165) is 45.3 Å². The Hall–Kier alpha value is -3.94. The van der Waals surface area contributed by atoms with Crippen LogP contribution in [0.25, 0.3) is 16.9 Å². The second-order valence-corrected chi connectivity index (χ2v) is 7.05. The molecule has 0 fully saturated rings. The standard InChI is InChI=1S/C22H20N6O2.CH4/c1-14(15-4-7-22(30-3)23-11-15)8-18-20-9-16-12-25-26-28(16)21-10-17(29-2)5-6-19(21)27(20)13-24-18;/h4-7,10-13H,1,8-9H2,2-3H3;1H4. The third-order valence-corrected chi connectivity index (χ3v) is 5.33. The molecule has 1 aliphatic heterocycles. The molecule has 1 aromatic carbocycles. The predicted molar refractivity (Wildman–Crippen MR) is 118 cm³/mol. The first-order chi connectivity index (χ1) is 14.7. The van der Waals surface area contributed by atoms with E-state index in [9.17, 15) is 0 Å². The molecule has 1 aliphatic rings. The van der Waals surface area contributed by atoms with Gasteiger partial charge >= 0.3 is 0 Å². The number of fused-ring (bicyclic) bond motifs is 5. The summed E-state index contributed by atoms with van der Waals surface area (Å²) >= 11 is 0. The molecule has 8 nitrogen and oxygen atoms in total. The van der Waals surface area contributed by atoms with Crippen molar-refractivity contribution in [3.8, 4) is 23.0 Å². The highest BCUT2D eigenvalue weighted by molar-refractivity contribution is 5.66. The molecule has 0 amide bonds. The van der Waals surface area contributed by atoms with E-state index < -0.39 is 0 Å². The summed E-state index contributed by atoms with van der Waals surface area (Å²) in [5, 5.41) is 8.41. The van der Waals surface area contributed by atoms with Gasteiger partial charge in [0, 0.05) is 31.2 Å². The maximum atomic E-state index is 5.41. The summed E-state index contributed by atoms with van der Waals surface area (Å²) in [6, 6.07) is 9.71. The molecular formula is C23H24N6O2. The zero-order valence-corrected chi connectivity index (χ0v) is 16.7. The smallest absolute Gasteiger partial charge is 0.212 e. The van der Waals surface area contributed by atoms with E-state index >= 15 is 0 Å². The molecule has 5 rings (SSSR count). The van der Waals surface area contributed by atoms with Gasteiger partial charge in [-0.05, 0) is 29.3 Å². The average molecular weight is 416 g/mol. The van der Waals surface area contributed by atoms with E-state index in [0.29, 0.717) is 18.7 Å². The maximum absolute atomic E-state index is 5.41. The van der Waals surface area contributed by atoms with E-state index in [-0.39, 0.29) is 7.43 Å². The van der Waals surface area contributed by atoms with E-state index in [1.807, 2.05) is 41.3 Å². The molecule has 3 aromatic heterocycles. The lowest BCUT2D eigenvalue weighted by atomic mass is 10.0. The monoisotopic (exact) mass is 416 g/mol. The van der Waals surface area contributed by atoms with Gasteiger partial charge in [-0.15, -0.1) is 5.10 Å². The van der Waals surface area contributed by atoms with Crippen LogP contribution in [0.3, 0.4) is 0 Å². The number of hydrogen-bond donors (Lipinski definition) is 0. The quantitative estimate of drug-likeness (QED) is 0.435. The molecule has 4 heterocycles. The minimum absolute atomic E-state index is 0. The van der Waals surface area contributed by atoms with Crippen molar-refractivity contribution in [2.75, 3.05) is 14.2 Å². The van der Waals surface area contributed by atoms with E-state index in [4.69, 9.17) is 14.5 Å². The van der Waals surface area contributed by atoms with Crippen LogP contribution >= 0.6 is 0 Å². The van der Waals surface area contributed by atoms with Gasteiger partial charge in [0.1, 0.15) is 5.75 Å². The first kappa shape index (κ1) is 20.3. The molecule has 0 radical (unpaired) electrons. The third kappa shape index (κ3) is 3.46. The van der Waals surface area contributed by atoms with E-state index in [2.05, 4.69) is 26.4 Å². The topological polar surface area (TPSA) is 79.9 Å². The number of ether oxygens (including phenoxy) is 2. The molecule has 0 unspecified atom stereocenters. The molecule has 8 heteroatoms. The van der Waals surface area contributed by atoms with Crippen LogP contribution in [0.5, 0.6) is 11.6 Å². The number of hydrogen-bond acceptors (Lipinski definition) is 6. The number of imidazole rings is 1. The van der Waals surface area contributed by atoms with Gasteiger partial charge in [0.2, 0.25) is 5.88 Å². The Labute approximate surface area is 180 Å². The highest BCUT2D eigenvalue weighted by Gasteiger charge is 2.24. The lowest BCUT2D eigenvalue weighted by Gasteiger charge is -2.11. The molecule has 4 aromatic rings. The van der Waals surface area contributed by atoms with Gasteiger partial charge in [0.15, 0.2) is 0 Å². The molecule has 0 saturated heterocycles. The molecule has 158 valence electrons. The minimum atomic E-state index is 0. The SMILES string of the molecule is C.C=C(Cc1ncn2c1Cc1cnnn1-c1cc(OC)ccc1-2)c1ccc(OC)nc1. The van der Waals surface area contributed by atoms with Crippen molar-refractivity contribution in [3.63, 3.8) is 0 Å². The summed E-state index contributed by atoms with van der Waals surface area (Å²) in [6.45, 7) is 4.25. The summed E-state index contributed by atoms with van der Waals surface area (Å²) in [5.41, 5.74) is 6.83. The number of allylic oxidation sites excluding steroid dienone is 1. The van der Waals surface area contributed by atoms with Crippen molar-refractivity contribution < 1.29 is 9.47 Å². The number of methoxy groups -OCH3 is 2. The summed E-state index contributed by atoms with van der Waals surface area (Å²) in [7, 11) is 3.26. The Morgan fingerprint density at radius 3 is 2.68 bits per heavy atom. The molecule has 0 bridgehead atoms. The van der Waals surface area contributed by atoms with Crippen LogP contribution in [-0.4, -0.2) is 43.7 Å². The van der Waals surface area contributed by atoms with Crippen molar-refractivity contribution in [2.45, 2.75) is 20.3 Å². The Balaban J connectivity index is 0.00000231. The number of nitrogens with zero attached hydrogens (tertiary/aromatic N) is 6. The van der Waals surface area contributed by atoms with E-state index in [1.165, 1.54) is 0 Å². The van der Waals surface area contributed by atoms with Gasteiger partial charge in [-0.3, -0.25) is 0 Å². The fourth-order valence-electron chi connectivity index (χ4n) is 3.72. The molecule has 0 N–H and O–H groups in total. The van der Waals surface area contributed by atoms with Crippen LogP contribution in [-0.2, 0) is 12.8 Å². The van der Waals surface area contributed by atoms with Crippen molar-refractivity contribution in [1.82, 2.24) is 29.5 Å². The molecule has 0 saturated carbocycles. The minimum Gasteiger partial charge on any atom is -0.497 e. The molecule has 0 spiro atoms. The first-order valence-electron chi connectivity index (χ1n) is 9.49. The lowest BCUT2D eigenvalue weighted by molar-refractivity contribution is 0.398. The average Bonchev–Trinajstić information content (AvgIpc) is 3.38. The fourth-order valence-corrected chi connectivity index (χ4v) is 3.72. The predicted octanol–water partition coefficient (Wildman–Crippen LogP) is 3.66. The fraction of sp³-hybridized carbons (Fsp3) is 0.217.